The van der Waals surface area contributed by atoms with Gasteiger partial charge < -0.3 is 10.5 Å². The molecule has 6 heteroatoms. The zero-order chi connectivity index (χ0) is 15.1. The molecule has 6 nitrogen and oxygen atoms in total. The maximum atomic E-state index is 6.14. The van der Waals surface area contributed by atoms with E-state index in [1.54, 1.807) is 19.5 Å². The molecular formula is C16H13N5O. The molecule has 4 aromatic heterocycles. The molecule has 4 rings (SSSR count). The molecule has 0 radical (unpaired) electrons. The molecule has 0 fully saturated rings. The molecule has 2 N–H and O–H groups in total. The molecule has 0 aromatic carbocycles. The number of rotatable bonds is 2. The first kappa shape index (κ1) is 12.6. The lowest BCUT2D eigenvalue weighted by Gasteiger charge is -2.03. The summed E-state index contributed by atoms with van der Waals surface area (Å²) in [5, 5.41) is 0.987. The first-order chi connectivity index (χ1) is 10.8. The number of fused-ring (bicyclic) bond motifs is 3. The first-order valence-electron chi connectivity index (χ1n) is 6.80. The molecule has 0 spiro atoms. The average molecular weight is 291 g/mol. The molecule has 0 bridgehead atoms. The van der Waals surface area contributed by atoms with Crippen LogP contribution in [-0.2, 0) is 0 Å². The summed E-state index contributed by atoms with van der Waals surface area (Å²) in [6.07, 6.45) is 3.44. The SMILES string of the molecule is COc1nccc(-c2c3cccnc3n3c(N)cccc23)n1. The van der Waals surface area contributed by atoms with Gasteiger partial charge in [-0.15, -0.1) is 0 Å². The van der Waals surface area contributed by atoms with Gasteiger partial charge in [-0.2, -0.15) is 4.98 Å². The van der Waals surface area contributed by atoms with Gasteiger partial charge in [0.25, 0.3) is 0 Å². The molecule has 0 saturated carbocycles. The van der Waals surface area contributed by atoms with Crippen LogP contribution in [-0.4, -0.2) is 26.5 Å². The van der Waals surface area contributed by atoms with Crippen LogP contribution in [0.1, 0.15) is 0 Å². The molecule has 0 atom stereocenters. The van der Waals surface area contributed by atoms with Gasteiger partial charge >= 0.3 is 6.01 Å². The number of hydrogen-bond donors (Lipinski definition) is 1. The topological polar surface area (TPSA) is 78.3 Å². The fourth-order valence-electron chi connectivity index (χ4n) is 2.71. The van der Waals surface area contributed by atoms with E-state index in [0.29, 0.717) is 11.8 Å². The summed E-state index contributed by atoms with van der Waals surface area (Å²) in [4.78, 5) is 13.0. The Morgan fingerprint density at radius 3 is 2.82 bits per heavy atom. The van der Waals surface area contributed by atoms with E-state index < -0.39 is 0 Å². The fourth-order valence-corrected chi connectivity index (χ4v) is 2.71. The summed E-state index contributed by atoms with van der Waals surface area (Å²) in [7, 11) is 1.55. The number of methoxy groups -OCH3 is 1. The highest BCUT2D eigenvalue weighted by molar-refractivity contribution is 6.04. The van der Waals surface area contributed by atoms with E-state index in [1.807, 2.05) is 40.8 Å². The van der Waals surface area contributed by atoms with E-state index in [4.69, 9.17) is 10.5 Å². The lowest BCUT2D eigenvalue weighted by molar-refractivity contribution is 0.380. The highest BCUT2D eigenvalue weighted by atomic mass is 16.5. The zero-order valence-electron chi connectivity index (χ0n) is 11.9. The Labute approximate surface area is 126 Å². The van der Waals surface area contributed by atoms with Crippen LogP contribution < -0.4 is 10.5 Å². The summed E-state index contributed by atoms with van der Waals surface area (Å²) in [5.41, 5.74) is 9.64. The van der Waals surface area contributed by atoms with Crippen molar-refractivity contribution in [2.24, 2.45) is 0 Å². The maximum absolute atomic E-state index is 6.14. The number of nitrogens with zero attached hydrogens (tertiary/aromatic N) is 4. The summed E-state index contributed by atoms with van der Waals surface area (Å²) in [6.45, 7) is 0. The Morgan fingerprint density at radius 1 is 1.05 bits per heavy atom. The lowest BCUT2D eigenvalue weighted by Crippen LogP contribution is -1.96. The number of ether oxygens (including phenoxy) is 1. The predicted octanol–water partition coefficient (Wildman–Crippen LogP) is 2.54. The van der Waals surface area contributed by atoms with E-state index in [9.17, 15) is 0 Å². The van der Waals surface area contributed by atoms with Crippen molar-refractivity contribution in [2.75, 3.05) is 12.8 Å². The van der Waals surface area contributed by atoms with Crippen molar-refractivity contribution in [1.82, 2.24) is 19.4 Å². The average Bonchev–Trinajstić information content (AvgIpc) is 2.90. The van der Waals surface area contributed by atoms with Crippen LogP contribution in [0.5, 0.6) is 6.01 Å². The third kappa shape index (κ3) is 1.70. The minimum atomic E-state index is 0.331. The molecular weight excluding hydrogens is 278 g/mol. The van der Waals surface area contributed by atoms with Crippen molar-refractivity contribution in [3.8, 4) is 17.3 Å². The van der Waals surface area contributed by atoms with Crippen molar-refractivity contribution in [2.45, 2.75) is 0 Å². The van der Waals surface area contributed by atoms with Gasteiger partial charge in [0.2, 0.25) is 0 Å². The molecule has 0 unspecified atom stereocenters. The second kappa shape index (κ2) is 4.70. The Bertz CT molecular complexity index is 992. The number of aromatic nitrogens is 4. The van der Waals surface area contributed by atoms with Crippen LogP contribution in [0, 0.1) is 0 Å². The van der Waals surface area contributed by atoms with Gasteiger partial charge in [-0.3, -0.25) is 4.40 Å². The Balaban J connectivity index is 2.17. The summed E-state index contributed by atoms with van der Waals surface area (Å²) < 4.78 is 7.06. The van der Waals surface area contributed by atoms with Gasteiger partial charge in [0, 0.05) is 23.3 Å². The number of nitrogen functional groups attached to an aromatic ring is 1. The standard InChI is InChI=1S/C16H13N5O/c1-22-16-19-9-7-11(20-16)14-10-4-3-8-18-15(10)21-12(14)5-2-6-13(21)17/h2-9H,17H2,1H3. The third-order valence-corrected chi connectivity index (χ3v) is 3.62. The smallest absolute Gasteiger partial charge is 0.316 e. The molecule has 22 heavy (non-hydrogen) atoms. The zero-order valence-corrected chi connectivity index (χ0v) is 11.9. The van der Waals surface area contributed by atoms with Crippen LogP contribution in [0.4, 0.5) is 5.82 Å². The molecule has 0 aliphatic rings. The maximum Gasteiger partial charge on any atom is 0.316 e. The number of anilines is 1. The highest BCUT2D eigenvalue weighted by Gasteiger charge is 2.17. The Hall–Kier alpha value is -3.15. The molecule has 108 valence electrons. The van der Waals surface area contributed by atoms with Gasteiger partial charge in [-0.25, -0.2) is 9.97 Å². The van der Waals surface area contributed by atoms with E-state index in [0.717, 1.165) is 27.8 Å². The predicted molar refractivity (Wildman–Crippen MR) is 84.7 cm³/mol. The molecule has 4 aromatic rings. The van der Waals surface area contributed by atoms with Crippen molar-refractivity contribution >= 4 is 22.4 Å². The van der Waals surface area contributed by atoms with Crippen LogP contribution in [0.15, 0.2) is 48.8 Å². The van der Waals surface area contributed by atoms with Gasteiger partial charge in [0.15, 0.2) is 0 Å². The van der Waals surface area contributed by atoms with Gasteiger partial charge in [0.05, 0.1) is 18.3 Å². The highest BCUT2D eigenvalue weighted by Crippen LogP contribution is 2.34. The monoisotopic (exact) mass is 291 g/mol. The van der Waals surface area contributed by atoms with Crippen LogP contribution in [0.2, 0.25) is 0 Å². The molecule has 0 aliphatic carbocycles. The summed E-state index contributed by atoms with van der Waals surface area (Å²) in [6, 6.07) is 11.9. The van der Waals surface area contributed by atoms with Crippen molar-refractivity contribution in [3.63, 3.8) is 0 Å². The normalized spacial score (nSPS) is 11.1. The quantitative estimate of drug-likeness (QED) is 0.614. The van der Waals surface area contributed by atoms with Crippen LogP contribution >= 0.6 is 0 Å². The number of nitrogens with two attached hydrogens (primary N) is 1. The molecule has 0 amide bonds. The van der Waals surface area contributed by atoms with E-state index in [-0.39, 0.29) is 0 Å². The van der Waals surface area contributed by atoms with Crippen molar-refractivity contribution in [3.05, 3.63) is 48.8 Å². The third-order valence-electron chi connectivity index (χ3n) is 3.62. The second-order valence-corrected chi connectivity index (χ2v) is 4.85. The first-order valence-corrected chi connectivity index (χ1v) is 6.80. The van der Waals surface area contributed by atoms with Gasteiger partial charge in [-0.05, 0) is 30.3 Å². The summed E-state index contributed by atoms with van der Waals surface area (Å²) in [5.74, 6) is 0.633. The number of pyridine rings is 2. The molecule has 0 saturated heterocycles. The molecule has 0 aliphatic heterocycles. The minimum absolute atomic E-state index is 0.331. The van der Waals surface area contributed by atoms with E-state index >= 15 is 0 Å². The lowest BCUT2D eigenvalue weighted by atomic mass is 10.1. The van der Waals surface area contributed by atoms with Crippen molar-refractivity contribution < 1.29 is 4.74 Å². The number of hydrogen-bond acceptors (Lipinski definition) is 5. The van der Waals surface area contributed by atoms with Crippen LogP contribution in [0.25, 0.3) is 27.8 Å². The second-order valence-electron chi connectivity index (χ2n) is 4.85. The van der Waals surface area contributed by atoms with Crippen LogP contribution in [0.3, 0.4) is 0 Å². The van der Waals surface area contributed by atoms with E-state index in [1.165, 1.54) is 0 Å². The summed E-state index contributed by atoms with van der Waals surface area (Å²) >= 11 is 0. The minimum Gasteiger partial charge on any atom is -0.467 e. The van der Waals surface area contributed by atoms with Gasteiger partial charge in [-0.1, -0.05) is 6.07 Å². The van der Waals surface area contributed by atoms with Gasteiger partial charge in [0.1, 0.15) is 11.5 Å². The fraction of sp³-hybridized carbons (Fsp3) is 0.0625. The van der Waals surface area contributed by atoms with Crippen molar-refractivity contribution in [1.29, 1.82) is 0 Å². The Morgan fingerprint density at radius 2 is 1.95 bits per heavy atom. The molecule has 4 heterocycles. The van der Waals surface area contributed by atoms with E-state index in [2.05, 4.69) is 15.0 Å². The largest absolute Gasteiger partial charge is 0.467 e. The Kier molecular flexibility index (Phi) is 2.69.